The van der Waals surface area contributed by atoms with Crippen molar-refractivity contribution in [3.05, 3.63) is 132 Å². The number of benzene rings is 3. The molecule has 14 N–H and O–H groups in total. The zero-order valence-corrected chi connectivity index (χ0v) is 65.9. The summed E-state index contributed by atoms with van der Waals surface area (Å²) >= 11 is 1.24. The second kappa shape index (κ2) is 51.4. The highest BCUT2D eigenvalue weighted by molar-refractivity contribution is 7.98. The number of imidazole rings is 1. The summed E-state index contributed by atoms with van der Waals surface area (Å²) in [6.07, 6.45) is 9.75. The van der Waals surface area contributed by atoms with Gasteiger partial charge in [0.2, 0.25) is 76.8 Å². The van der Waals surface area contributed by atoms with Crippen molar-refractivity contribution in [3.8, 4) is 18.1 Å². The number of aromatic amines is 1. The SMILES string of the molecule is C#CCN(CC(=O)N(CCOC)CC(=O)NC(CO)C(=O)NC(Cc1ccc(O)cc1)C(=O)NC(CO)C(=O)NC(CCSC)C(=O)NC(CCC(=O)O)C(=O)NC(Cc1cnc[nH]1)C(=O)NC(Cc1ccccc1)C(N)=O)C(=O)CN(CCC)C(=O)CN(CC=C)C(=O)CN(CCOC)C(=O)CN(CC)C(C)c1ccccc1. The number of primary amides is 1. The zero-order valence-electron chi connectivity index (χ0n) is 65.1. The molecule has 36 nitrogen and oxygen atoms in total. The van der Waals surface area contributed by atoms with E-state index in [1.54, 1.807) is 43.5 Å². The molecule has 0 saturated carbocycles. The third-order valence-electron chi connectivity index (χ3n) is 18.0. The Balaban J connectivity index is 1.49. The molecule has 37 heteroatoms. The molecule has 0 radical (unpaired) electrons. The Labute approximate surface area is 666 Å². The van der Waals surface area contributed by atoms with Crippen molar-refractivity contribution in [1.29, 1.82) is 0 Å². The fourth-order valence-corrected chi connectivity index (χ4v) is 12.0. The smallest absolute Gasteiger partial charge is 0.303 e. The third kappa shape index (κ3) is 33.2. The van der Waals surface area contributed by atoms with Crippen LogP contribution in [0.25, 0.3) is 0 Å². The first-order valence-corrected chi connectivity index (χ1v) is 38.3. The van der Waals surface area contributed by atoms with Gasteiger partial charge in [-0.3, -0.25) is 72.0 Å². The lowest BCUT2D eigenvalue weighted by Crippen LogP contribution is -2.61. The summed E-state index contributed by atoms with van der Waals surface area (Å²) < 4.78 is 10.5. The van der Waals surface area contributed by atoms with Crippen LogP contribution in [0.1, 0.15) is 74.9 Å². The van der Waals surface area contributed by atoms with E-state index in [2.05, 4.69) is 59.7 Å². The summed E-state index contributed by atoms with van der Waals surface area (Å²) in [4.78, 5) is 209. The molecule has 0 aliphatic carbocycles. The molecule has 0 spiro atoms. The fourth-order valence-electron chi connectivity index (χ4n) is 11.5. The van der Waals surface area contributed by atoms with Crippen molar-refractivity contribution in [2.45, 2.75) is 114 Å². The minimum Gasteiger partial charge on any atom is -0.508 e. The highest BCUT2D eigenvalue weighted by atomic mass is 32.2. The highest BCUT2D eigenvalue weighted by Gasteiger charge is 2.37. The summed E-state index contributed by atoms with van der Waals surface area (Å²) in [7, 11) is 2.76. The Morgan fingerprint density at radius 2 is 1.03 bits per heavy atom. The van der Waals surface area contributed by atoms with Crippen LogP contribution in [0.5, 0.6) is 5.75 Å². The van der Waals surface area contributed by atoms with Crippen molar-refractivity contribution in [1.82, 2.24) is 76.6 Å². The first-order chi connectivity index (χ1) is 54.6. The van der Waals surface area contributed by atoms with Gasteiger partial charge in [0, 0.05) is 84.0 Å². The molecular formula is C77H108N16O20S. The lowest BCUT2D eigenvalue weighted by molar-refractivity contribution is -0.147. The number of H-pyrrole nitrogens is 1. The molecule has 622 valence electrons. The molecule has 8 atom stereocenters. The average molecular weight is 1610 g/mol. The van der Waals surface area contributed by atoms with E-state index in [9.17, 15) is 87.5 Å². The number of carboxylic acids is 1. The van der Waals surface area contributed by atoms with Crippen molar-refractivity contribution in [3.63, 3.8) is 0 Å². The summed E-state index contributed by atoms with van der Waals surface area (Å²) in [6, 6.07) is 11.9. The Kier molecular flexibility index (Phi) is 42.8. The number of aliphatic carboxylic acids is 1. The van der Waals surface area contributed by atoms with Crippen molar-refractivity contribution in [2.75, 3.05) is 131 Å². The number of phenolic OH excluding ortho intramolecular Hbond substituents is 1. The molecule has 0 fully saturated rings. The number of carbonyl (C=O) groups excluding carboxylic acids is 13. The number of thioether (sulfide) groups is 1. The van der Waals surface area contributed by atoms with Crippen LogP contribution < -0.4 is 43.0 Å². The van der Waals surface area contributed by atoms with E-state index in [4.69, 9.17) is 21.6 Å². The van der Waals surface area contributed by atoms with E-state index in [0.717, 1.165) is 15.4 Å². The topological polar surface area (TPSA) is 497 Å². The third-order valence-corrected chi connectivity index (χ3v) is 18.6. The van der Waals surface area contributed by atoms with Gasteiger partial charge in [0.1, 0.15) is 61.1 Å². The number of ether oxygens (including phenoxy) is 2. The van der Waals surface area contributed by atoms with Crippen LogP contribution >= 0.6 is 11.8 Å². The summed E-state index contributed by atoms with van der Waals surface area (Å²) in [5.41, 5.74) is 7.96. The predicted molar refractivity (Wildman–Crippen MR) is 419 cm³/mol. The van der Waals surface area contributed by atoms with Crippen LogP contribution in [0, 0.1) is 12.3 Å². The number of nitrogens with one attached hydrogen (secondary N) is 8. The number of methoxy groups -OCH3 is 2. The summed E-state index contributed by atoms with van der Waals surface area (Å²) in [6.45, 7) is 3.70. The average Bonchev–Trinajstić information content (AvgIpc) is 1.16. The van der Waals surface area contributed by atoms with Gasteiger partial charge in [0.15, 0.2) is 0 Å². The van der Waals surface area contributed by atoms with Crippen molar-refractivity contribution < 1.29 is 97.0 Å². The highest BCUT2D eigenvalue weighted by Crippen LogP contribution is 2.20. The number of aliphatic hydroxyl groups excluding tert-OH is 2. The van der Waals surface area contributed by atoms with Crippen molar-refractivity contribution in [2.24, 2.45) is 5.73 Å². The lowest BCUT2D eigenvalue weighted by atomic mass is 10.0. The number of nitrogens with two attached hydrogens (primary N) is 1. The monoisotopic (exact) mass is 1610 g/mol. The van der Waals surface area contributed by atoms with Crippen LogP contribution in [0.4, 0.5) is 0 Å². The van der Waals surface area contributed by atoms with Gasteiger partial charge in [-0.15, -0.1) is 13.0 Å². The van der Waals surface area contributed by atoms with Gasteiger partial charge in [-0.2, -0.15) is 11.8 Å². The number of hydrogen-bond acceptors (Lipinski definition) is 22. The number of terminal acetylenes is 1. The Morgan fingerprint density at radius 3 is 1.54 bits per heavy atom. The second-order valence-electron chi connectivity index (χ2n) is 26.4. The molecule has 1 heterocycles. The Bertz CT molecular complexity index is 3840. The molecule has 0 bridgehead atoms. The number of hydrogen-bond donors (Lipinski definition) is 13. The van der Waals surface area contributed by atoms with Gasteiger partial charge in [-0.25, -0.2) is 4.98 Å². The Morgan fingerprint density at radius 1 is 0.579 bits per heavy atom. The van der Waals surface area contributed by atoms with Crippen LogP contribution in [-0.2, 0) is 95.9 Å². The molecule has 114 heavy (non-hydrogen) atoms. The minimum atomic E-state index is -1.89. The number of aliphatic hydroxyl groups is 2. The van der Waals surface area contributed by atoms with E-state index < -0.39 is 191 Å². The van der Waals surface area contributed by atoms with Crippen LogP contribution in [-0.4, -0.2) is 316 Å². The fraction of sp³-hybridized carbons (Fsp3) is 0.494. The maximum absolute atomic E-state index is 14.4. The quantitative estimate of drug-likeness (QED) is 0.0159. The van der Waals surface area contributed by atoms with E-state index >= 15 is 0 Å². The normalized spacial score (nSPS) is 13.1. The molecule has 0 aliphatic rings. The van der Waals surface area contributed by atoms with Crippen LogP contribution in [0.15, 0.2) is 110 Å². The maximum Gasteiger partial charge on any atom is 0.303 e. The van der Waals surface area contributed by atoms with Crippen molar-refractivity contribution >= 4 is 94.5 Å². The zero-order chi connectivity index (χ0) is 84.2. The van der Waals surface area contributed by atoms with Crippen LogP contribution in [0.2, 0.25) is 0 Å². The summed E-state index contributed by atoms with van der Waals surface area (Å²) in [5.74, 6) is -10.8. The van der Waals surface area contributed by atoms with E-state index in [1.807, 2.05) is 49.1 Å². The largest absolute Gasteiger partial charge is 0.508 e. The molecule has 8 unspecified atom stereocenters. The standard InChI is InChI=1S/C77H108N16O20S/c1-9-30-89(66(99)45-90(31-10-2)68(101)47-93(34-36-113-7)65(98)43-88(12-4)51(5)54-21-17-14-18-22-54)44-67(100)91(32-11-3)46-69(102)92(33-35-112-6)42-64(97)81-62(48-94)76(110)85-60(39-53-23-25-56(96)26-24-53)74(108)87-63(49-95)77(111)83-58(29-37-114-8)73(107)82-57(27-28-70(103)104)72(106)86-61(40-55-41-79-50-80-55)75(109)84-59(71(78)105)38-52-19-15-13-16-20-52/h3,10,13-26,41,50-51,57-63,94-96H,2,9,12,27-40,42-49H2,1,4-8H3,(H2,78,105)(H,79,80)(H,81,97)(H,82,107)(H,83,111)(H,84,109)(H,85,110)(H,86,106)(H,87,108)(H,103,104). The van der Waals surface area contributed by atoms with Gasteiger partial charge in [0.25, 0.3) is 0 Å². The Hall–Kier alpha value is -11.3. The number of nitrogens with zero attached hydrogens (tertiary/aromatic N) is 7. The van der Waals surface area contributed by atoms with Gasteiger partial charge in [-0.1, -0.05) is 98.6 Å². The molecule has 1 aromatic heterocycles. The van der Waals surface area contributed by atoms with Gasteiger partial charge in [0.05, 0.1) is 65.5 Å². The van der Waals surface area contributed by atoms with Crippen LogP contribution in [0.3, 0.4) is 0 Å². The number of carbonyl (C=O) groups is 14. The molecule has 13 amide bonds. The minimum absolute atomic E-state index is 0.0171. The van der Waals surface area contributed by atoms with Gasteiger partial charge < -0.3 is 102 Å². The molecule has 3 aromatic carbocycles. The molecule has 4 rings (SSSR count). The maximum atomic E-state index is 14.4. The second-order valence-corrected chi connectivity index (χ2v) is 27.4. The van der Waals surface area contributed by atoms with E-state index in [0.29, 0.717) is 29.8 Å². The van der Waals surface area contributed by atoms with E-state index in [1.165, 1.54) is 83.5 Å². The first kappa shape index (κ1) is 95.1. The lowest BCUT2D eigenvalue weighted by Gasteiger charge is -2.32. The number of rotatable bonds is 54. The number of phenols is 1. The molecule has 0 aliphatic heterocycles. The van der Waals surface area contributed by atoms with Gasteiger partial charge in [-0.05, 0) is 73.6 Å². The summed E-state index contributed by atoms with van der Waals surface area (Å²) in [5, 5.41) is 58.0. The molecule has 0 saturated heterocycles. The number of aromatic hydroxyl groups is 1. The first-order valence-electron chi connectivity index (χ1n) is 36.9. The van der Waals surface area contributed by atoms with E-state index in [-0.39, 0.29) is 88.7 Å². The number of amides is 13. The molecular weight excluding hydrogens is 1500 g/mol. The number of carboxylic acid groups (broad SMARTS) is 1. The number of aromatic nitrogens is 2. The number of likely N-dealkylation sites (N-methyl/N-ethyl adjacent to an activating group) is 1. The molecule has 4 aromatic rings. The predicted octanol–water partition coefficient (Wildman–Crippen LogP) is -2.63. The van der Waals surface area contributed by atoms with Gasteiger partial charge >= 0.3 is 5.97 Å².